The third kappa shape index (κ3) is 3.76. The number of hydrogen-bond acceptors (Lipinski definition) is 3. The van der Waals surface area contributed by atoms with Crippen LogP contribution in [0.1, 0.15) is 16.8 Å². The zero-order valence-corrected chi connectivity index (χ0v) is 11.5. The summed E-state index contributed by atoms with van der Waals surface area (Å²) in [6.45, 7) is -0.197. The van der Waals surface area contributed by atoms with Crippen LogP contribution in [0, 0.1) is 12.3 Å². The summed E-state index contributed by atoms with van der Waals surface area (Å²) in [5, 5.41) is 11.7. The maximum atomic E-state index is 12.0. The van der Waals surface area contributed by atoms with Crippen LogP contribution in [-0.4, -0.2) is 30.8 Å². The van der Waals surface area contributed by atoms with Gasteiger partial charge in [-0.15, -0.1) is 12.3 Å². The van der Waals surface area contributed by atoms with Crippen LogP contribution in [0.3, 0.4) is 0 Å². The number of nitrogens with one attached hydrogen (secondary N) is 1. The maximum absolute atomic E-state index is 12.0. The number of rotatable bonds is 5. The van der Waals surface area contributed by atoms with Crippen molar-refractivity contribution in [2.24, 2.45) is 0 Å². The van der Waals surface area contributed by atoms with E-state index in [0.717, 1.165) is 0 Å². The molecule has 4 nitrogen and oxygen atoms in total. The van der Waals surface area contributed by atoms with E-state index < -0.39 is 6.04 Å². The zero-order chi connectivity index (χ0) is 13.5. The molecule has 1 rings (SSSR count). The molecule has 1 amide bonds. The minimum atomic E-state index is -0.444. The van der Waals surface area contributed by atoms with E-state index in [1.54, 1.807) is 18.2 Å². The molecule has 1 aromatic carbocycles. The van der Waals surface area contributed by atoms with Gasteiger partial charge in [0.05, 0.1) is 25.3 Å². The lowest BCUT2D eigenvalue weighted by molar-refractivity contribution is 0.0917. The fourth-order valence-corrected chi connectivity index (χ4v) is 1.80. The lowest BCUT2D eigenvalue weighted by Crippen LogP contribution is -2.37. The van der Waals surface area contributed by atoms with Gasteiger partial charge in [0.2, 0.25) is 0 Å². The molecule has 96 valence electrons. The average molecular weight is 312 g/mol. The second kappa shape index (κ2) is 7.04. The highest BCUT2D eigenvalue weighted by Gasteiger charge is 2.15. The van der Waals surface area contributed by atoms with Crippen LogP contribution in [0.5, 0.6) is 5.75 Å². The van der Waals surface area contributed by atoms with Crippen LogP contribution in [0.4, 0.5) is 0 Å². The third-order valence-electron chi connectivity index (χ3n) is 2.34. The van der Waals surface area contributed by atoms with E-state index in [1.165, 1.54) is 7.11 Å². The van der Waals surface area contributed by atoms with Crippen LogP contribution >= 0.6 is 15.9 Å². The normalized spacial score (nSPS) is 11.4. The van der Waals surface area contributed by atoms with Crippen molar-refractivity contribution >= 4 is 21.8 Å². The molecule has 0 radical (unpaired) electrons. The topological polar surface area (TPSA) is 58.6 Å². The molecule has 0 fully saturated rings. The number of carbonyl (C=O) groups is 1. The van der Waals surface area contributed by atoms with E-state index in [4.69, 9.17) is 16.3 Å². The summed E-state index contributed by atoms with van der Waals surface area (Å²) in [6, 6.07) is 4.64. The van der Waals surface area contributed by atoms with Gasteiger partial charge in [-0.05, 0) is 34.1 Å². The Morgan fingerprint density at radius 2 is 2.39 bits per heavy atom. The monoisotopic (exact) mass is 311 g/mol. The molecular weight excluding hydrogens is 298 g/mol. The Hall–Kier alpha value is -1.51. The third-order valence-corrected chi connectivity index (χ3v) is 3.03. The SMILES string of the molecule is C#CC[C@H](CO)NC(=O)c1cc(OC)ccc1Br. The minimum Gasteiger partial charge on any atom is -0.497 e. The molecule has 0 aliphatic heterocycles. The minimum absolute atomic E-state index is 0.197. The Morgan fingerprint density at radius 1 is 1.67 bits per heavy atom. The molecule has 0 saturated carbocycles. The van der Waals surface area contributed by atoms with Gasteiger partial charge in [-0.3, -0.25) is 4.79 Å². The first-order chi connectivity index (χ1) is 8.62. The quantitative estimate of drug-likeness (QED) is 0.812. The van der Waals surface area contributed by atoms with Gasteiger partial charge in [-0.1, -0.05) is 0 Å². The second-order valence-electron chi connectivity index (χ2n) is 3.61. The first-order valence-electron chi connectivity index (χ1n) is 5.31. The number of hydrogen-bond donors (Lipinski definition) is 2. The molecule has 5 heteroatoms. The van der Waals surface area contributed by atoms with Gasteiger partial charge in [-0.25, -0.2) is 0 Å². The molecule has 0 unspecified atom stereocenters. The highest BCUT2D eigenvalue weighted by atomic mass is 79.9. The van der Waals surface area contributed by atoms with Crippen LogP contribution in [0.15, 0.2) is 22.7 Å². The van der Waals surface area contributed by atoms with Crippen molar-refractivity contribution in [3.8, 4) is 18.1 Å². The number of carbonyl (C=O) groups excluding carboxylic acids is 1. The van der Waals surface area contributed by atoms with Gasteiger partial charge in [-0.2, -0.15) is 0 Å². The Kier molecular flexibility index (Phi) is 5.69. The predicted octanol–water partition coefficient (Wildman–Crippen LogP) is 1.57. The Balaban J connectivity index is 2.86. The first kappa shape index (κ1) is 14.6. The number of terminal acetylenes is 1. The van der Waals surface area contributed by atoms with Gasteiger partial charge >= 0.3 is 0 Å². The summed E-state index contributed by atoms with van der Waals surface area (Å²) >= 11 is 3.29. The highest BCUT2D eigenvalue weighted by molar-refractivity contribution is 9.10. The highest BCUT2D eigenvalue weighted by Crippen LogP contribution is 2.22. The van der Waals surface area contributed by atoms with Gasteiger partial charge < -0.3 is 15.2 Å². The summed E-state index contributed by atoms with van der Waals surface area (Å²) in [5.74, 6) is 2.68. The van der Waals surface area contributed by atoms with Crippen molar-refractivity contribution in [2.45, 2.75) is 12.5 Å². The molecule has 2 N–H and O–H groups in total. The second-order valence-corrected chi connectivity index (χ2v) is 4.46. The summed E-state index contributed by atoms with van der Waals surface area (Å²) in [7, 11) is 1.53. The van der Waals surface area contributed by atoms with E-state index in [0.29, 0.717) is 15.8 Å². The first-order valence-corrected chi connectivity index (χ1v) is 6.10. The van der Waals surface area contributed by atoms with E-state index in [9.17, 15) is 4.79 Å². The van der Waals surface area contributed by atoms with Crippen molar-refractivity contribution in [3.63, 3.8) is 0 Å². The van der Waals surface area contributed by atoms with Crippen LogP contribution in [0.25, 0.3) is 0 Å². The molecule has 0 spiro atoms. The molecule has 0 bridgehead atoms. The van der Waals surface area contributed by atoms with E-state index >= 15 is 0 Å². The molecule has 1 aromatic rings. The number of amides is 1. The largest absolute Gasteiger partial charge is 0.497 e. The lowest BCUT2D eigenvalue weighted by Gasteiger charge is -2.14. The molecule has 18 heavy (non-hydrogen) atoms. The van der Waals surface area contributed by atoms with E-state index in [-0.39, 0.29) is 18.9 Å². The number of halogens is 1. The molecule has 0 aliphatic carbocycles. The summed E-state index contributed by atoms with van der Waals surface area (Å²) in [6.07, 6.45) is 5.43. The maximum Gasteiger partial charge on any atom is 0.252 e. The standard InChI is InChI=1S/C13H14BrNO3/c1-3-4-9(8-16)15-13(17)11-7-10(18-2)5-6-12(11)14/h1,5-7,9,16H,4,8H2,2H3,(H,15,17)/t9-/m1/s1. The Morgan fingerprint density at radius 3 is 2.94 bits per heavy atom. The molecule has 0 aromatic heterocycles. The zero-order valence-electron chi connectivity index (χ0n) is 9.94. The molecule has 1 atom stereocenters. The van der Waals surface area contributed by atoms with Gasteiger partial charge in [0.15, 0.2) is 0 Å². The van der Waals surface area contributed by atoms with Crippen molar-refractivity contribution in [2.75, 3.05) is 13.7 Å². The van der Waals surface area contributed by atoms with Crippen LogP contribution < -0.4 is 10.1 Å². The predicted molar refractivity (Wildman–Crippen MR) is 72.5 cm³/mol. The number of ether oxygens (including phenoxy) is 1. The van der Waals surface area contributed by atoms with Crippen molar-refractivity contribution in [1.29, 1.82) is 0 Å². The smallest absolute Gasteiger partial charge is 0.252 e. The van der Waals surface area contributed by atoms with Crippen molar-refractivity contribution in [3.05, 3.63) is 28.2 Å². The fourth-order valence-electron chi connectivity index (χ4n) is 1.37. The van der Waals surface area contributed by atoms with Crippen molar-refractivity contribution in [1.82, 2.24) is 5.32 Å². The van der Waals surface area contributed by atoms with Crippen LogP contribution in [0.2, 0.25) is 0 Å². The molecular formula is C13H14BrNO3. The molecule has 0 heterocycles. The summed E-state index contributed by atoms with van der Waals surface area (Å²) in [4.78, 5) is 12.0. The lowest BCUT2D eigenvalue weighted by atomic mass is 10.1. The Bertz CT molecular complexity index is 468. The number of benzene rings is 1. The summed E-state index contributed by atoms with van der Waals surface area (Å²) in [5.41, 5.74) is 0.435. The van der Waals surface area contributed by atoms with E-state index in [1.807, 2.05) is 0 Å². The number of aliphatic hydroxyl groups is 1. The summed E-state index contributed by atoms with van der Waals surface area (Å²) < 4.78 is 5.71. The number of methoxy groups -OCH3 is 1. The van der Waals surface area contributed by atoms with Crippen LogP contribution in [-0.2, 0) is 0 Å². The average Bonchev–Trinajstić information content (AvgIpc) is 2.38. The van der Waals surface area contributed by atoms with Gasteiger partial charge in [0.25, 0.3) is 5.91 Å². The van der Waals surface area contributed by atoms with Gasteiger partial charge in [0.1, 0.15) is 5.75 Å². The fraction of sp³-hybridized carbons (Fsp3) is 0.308. The van der Waals surface area contributed by atoms with Gasteiger partial charge in [0, 0.05) is 10.9 Å². The molecule has 0 aliphatic rings. The van der Waals surface area contributed by atoms with Crippen molar-refractivity contribution < 1.29 is 14.6 Å². The number of aliphatic hydroxyl groups excluding tert-OH is 1. The Labute approximate surface area is 114 Å². The van der Waals surface area contributed by atoms with E-state index in [2.05, 4.69) is 27.2 Å². The molecule has 0 saturated heterocycles.